The molecule has 21 heavy (non-hydrogen) atoms. The summed E-state index contributed by atoms with van der Waals surface area (Å²) in [5.41, 5.74) is 3.85. The second-order valence-electron chi connectivity index (χ2n) is 5.00. The van der Waals surface area contributed by atoms with Crippen molar-refractivity contribution in [2.45, 2.75) is 19.9 Å². The first kappa shape index (κ1) is 13.9. The van der Waals surface area contributed by atoms with Gasteiger partial charge in [-0.3, -0.25) is 9.78 Å². The van der Waals surface area contributed by atoms with Crippen LogP contribution in [0.1, 0.15) is 18.2 Å². The maximum atomic E-state index is 12.0. The summed E-state index contributed by atoms with van der Waals surface area (Å²) in [5.74, 6) is 0.136. The van der Waals surface area contributed by atoms with Crippen molar-refractivity contribution < 1.29 is 4.79 Å². The quantitative estimate of drug-likeness (QED) is 0.945. The lowest BCUT2D eigenvalue weighted by Gasteiger charge is -2.28. The van der Waals surface area contributed by atoms with Crippen LogP contribution >= 0.6 is 11.6 Å². The Morgan fingerprint density at radius 2 is 2.24 bits per heavy atom. The van der Waals surface area contributed by atoms with Gasteiger partial charge < -0.3 is 10.2 Å². The fraction of sp³-hybridized carbons (Fsp3) is 0.250. The molecule has 0 radical (unpaired) electrons. The third kappa shape index (κ3) is 2.85. The monoisotopic (exact) mass is 301 g/mol. The predicted molar refractivity (Wildman–Crippen MR) is 83.8 cm³/mol. The Morgan fingerprint density at radius 3 is 3.00 bits per heavy atom. The van der Waals surface area contributed by atoms with Crippen LogP contribution in [-0.4, -0.2) is 22.3 Å². The van der Waals surface area contributed by atoms with E-state index in [0.717, 1.165) is 22.6 Å². The van der Waals surface area contributed by atoms with Crippen LogP contribution in [-0.2, 0) is 17.8 Å². The minimum absolute atomic E-state index is 0.136. The molecule has 0 aliphatic carbocycles. The van der Waals surface area contributed by atoms with Crippen LogP contribution in [0.4, 0.5) is 11.4 Å². The molecule has 1 aliphatic rings. The van der Waals surface area contributed by atoms with E-state index in [1.807, 2.05) is 42.2 Å². The van der Waals surface area contributed by atoms with Gasteiger partial charge in [0.05, 0.1) is 12.1 Å². The lowest BCUT2D eigenvalue weighted by Crippen LogP contribution is -2.36. The van der Waals surface area contributed by atoms with Gasteiger partial charge in [-0.2, -0.15) is 0 Å². The molecule has 0 saturated heterocycles. The number of benzene rings is 1. The van der Waals surface area contributed by atoms with Crippen LogP contribution in [0, 0.1) is 0 Å². The van der Waals surface area contributed by atoms with Crippen molar-refractivity contribution >= 4 is 28.9 Å². The first-order chi connectivity index (χ1) is 10.2. The second kappa shape index (κ2) is 5.74. The molecule has 0 spiro atoms. The van der Waals surface area contributed by atoms with Crippen LogP contribution in [0.15, 0.2) is 36.5 Å². The van der Waals surface area contributed by atoms with Crippen LogP contribution in [0.2, 0.25) is 5.02 Å². The number of pyridine rings is 1. The van der Waals surface area contributed by atoms with E-state index < -0.39 is 0 Å². The molecule has 3 rings (SSSR count). The van der Waals surface area contributed by atoms with Gasteiger partial charge in [0, 0.05) is 41.2 Å². The van der Waals surface area contributed by atoms with Crippen molar-refractivity contribution in [3.63, 3.8) is 0 Å². The number of nitrogens with one attached hydrogen (secondary N) is 1. The van der Waals surface area contributed by atoms with E-state index >= 15 is 0 Å². The molecular formula is C16H16ClN3O. The van der Waals surface area contributed by atoms with Gasteiger partial charge in [-0.05, 0) is 31.2 Å². The number of amides is 1. The summed E-state index contributed by atoms with van der Waals surface area (Å²) in [4.78, 5) is 18.1. The van der Waals surface area contributed by atoms with E-state index in [4.69, 9.17) is 11.6 Å². The molecule has 2 heterocycles. The van der Waals surface area contributed by atoms with E-state index in [9.17, 15) is 4.79 Å². The molecule has 0 unspecified atom stereocenters. The van der Waals surface area contributed by atoms with Crippen LogP contribution in [0.3, 0.4) is 0 Å². The van der Waals surface area contributed by atoms with Crippen molar-refractivity contribution in [1.82, 2.24) is 9.88 Å². The number of fused-ring (bicyclic) bond motifs is 1. The minimum atomic E-state index is 0.136. The fourth-order valence-corrected chi connectivity index (χ4v) is 2.72. The molecule has 0 saturated carbocycles. The first-order valence-electron chi connectivity index (χ1n) is 6.94. The van der Waals surface area contributed by atoms with Crippen LogP contribution < -0.4 is 5.32 Å². The van der Waals surface area contributed by atoms with E-state index in [1.165, 1.54) is 0 Å². The van der Waals surface area contributed by atoms with Crippen molar-refractivity contribution in [2.75, 3.05) is 11.9 Å². The summed E-state index contributed by atoms with van der Waals surface area (Å²) >= 11 is 6.01. The number of carbonyl (C=O) groups excluding carboxylic acids is 1. The molecule has 108 valence electrons. The average Bonchev–Trinajstić information content (AvgIpc) is 2.47. The third-order valence-corrected chi connectivity index (χ3v) is 3.89. The minimum Gasteiger partial charge on any atom is -0.355 e. The zero-order valence-electron chi connectivity index (χ0n) is 11.8. The standard InChI is InChI=1S/C16H16ClN3O/c1-2-20-10-13-14(6-7-18-15(13)9-16(20)21)19-12-5-3-4-11(17)8-12/h3-8H,2,9-10H2,1H3,(H,18,19). The summed E-state index contributed by atoms with van der Waals surface area (Å²) in [6, 6.07) is 9.51. The second-order valence-corrected chi connectivity index (χ2v) is 5.44. The van der Waals surface area contributed by atoms with Gasteiger partial charge in [0.1, 0.15) is 0 Å². The van der Waals surface area contributed by atoms with Crippen molar-refractivity contribution in [2.24, 2.45) is 0 Å². The highest BCUT2D eigenvalue weighted by molar-refractivity contribution is 6.30. The first-order valence-corrected chi connectivity index (χ1v) is 7.32. The molecule has 0 fully saturated rings. The Hall–Kier alpha value is -2.07. The van der Waals surface area contributed by atoms with E-state index in [-0.39, 0.29) is 5.91 Å². The highest BCUT2D eigenvalue weighted by Crippen LogP contribution is 2.28. The van der Waals surface area contributed by atoms with Crippen LogP contribution in [0.25, 0.3) is 0 Å². The van der Waals surface area contributed by atoms with Gasteiger partial charge in [0.2, 0.25) is 5.91 Å². The predicted octanol–water partition coefficient (Wildman–Crippen LogP) is 3.38. The smallest absolute Gasteiger partial charge is 0.228 e. The molecule has 1 aliphatic heterocycles. The Balaban J connectivity index is 1.94. The molecule has 1 aromatic carbocycles. The molecule has 0 bridgehead atoms. The SMILES string of the molecule is CCN1Cc2c(Nc3cccc(Cl)c3)ccnc2CC1=O. The Labute approximate surface area is 128 Å². The fourth-order valence-electron chi connectivity index (χ4n) is 2.53. The average molecular weight is 302 g/mol. The number of carbonyl (C=O) groups is 1. The zero-order chi connectivity index (χ0) is 14.8. The highest BCUT2D eigenvalue weighted by Gasteiger charge is 2.24. The largest absolute Gasteiger partial charge is 0.355 e. The lowest BCUT2D eigenvalue weighted by molar-refractivity contribution is -0.131. The molecule has 4 nitrogen and oxygen atoms in total. The number of anilines is 2. The Morgan fingerprint density at radius 1 is 1.38 bits per heavy atom. The number of rotatable bonds is 3. The van der Waals surface area contributed by atoms with E-state index in [1.54, 1.807) is 6.20 Å². The summed E-state index contributed by atoms with van der Waals surface area (Å²) in [5, 5.41) is 4.06. The number of aromatic nitrogens is 1. The van der Waals surface area contributed by atoms with Gasteiger partial charge >= 0.3 is 0 Å². The topological polar surface area (TPSA) is 45.2 Å². The third-order valence-electron chi connectivity index (χ3n) is 3.65. The van der Waals surface area contributed by atoms with Crippen molar-refractivity contribution in [3.8, 4) is 0 Å². The van der Waals surface area contributed by atoms with Gasteiger partial charge in [0.25, 0.3) is 0 Å². The van der Waals surface area contributed by atoms with E-state index in [2.05, 4.69) is 10.3 Å². The van der Waals surface area contributed by atoms with Crippen molar-refractivity contribution in [1.29, 1.82) is 0 Å². The lowest BCUT2D eigenvalue weighted by atomic mass is 10.0. The molecule has 1 aromatic heterocycles. The maximum Gasteiger partial charge on any atom is 0.228 e. The molecule has 1 N–H and O–H groups in total. The highest BCUT2D eigenvalue weighted by atomic mass is 35.5. The zero-order valence-corrected chi connectivity index (χ0v) is 12.5. The summed E-state index contributed by atoms with van der Waals surface area (Å²) in [7, 11) is 0. The summed E-state index contributed by atoms with van der Waals surface area (Å²) in [6.45, 7) is 3.30. The van der Waals surface area contributed by atoms with Crippen LogP contribution in [0.5, 0.6) is 0 Å². The number of hydrogen-bond donors (Lipinski definition) is 1. The molecule has 1 amide bonds. The maximum absolute atomic E-state index is 12.0. The van der Waals surface area contributed by atoms with Gasteiger partial charge in [0.15, 0.2) is 0 Å². The molecule has 2 aromatic rings. The molecule has 0 atom stereocenters. The molecule has 5 heteroatoms. The van der Waals surface area contributed by atoms with Gasteiger partial charge in [-0.25, -0.2) is 0 Å². The Bertz CT molecular complexity index is 687. The van der Waals surface area contributed by atoms with Crippen molar-refractivity contribution in [3.05, 3.63) is 52.8 Å². The summed E-state index contributed by atoms with van der Waals surface area (Å²) < 4.78 is 0. The number of hydrogen-bond acceptors (Lipinski definition) is 3. The van der Waals surface area contributed by atoms with Gasteiger partial charge in [-0.15, -0.1) is 0 Å². The Kier molecular flexibility index (Phi) is 3.80. The summed E-state index contributed by atoms with van der Waals surface area (Å²) in [6.07, 6.45) is 2.11. The number of halogens is 1. The van der Waals surface area contributed by atoms with E-state index in [0.29, 0.717) is 24.5 Å². The number of nitrogens with zero attached hydrogens (tertiary/aromatic N) is 2. The molecular weight excluding hydrogens is 286 g/mol. The number of likely N-dealkylation sites (N-methyl/N-ethyl adjacent to an activating group) is 1. The normalized spacial score (nSPS) is 14.0. The van der Waals surface area contributed by atoms with Gasteiger partial charge in [-0.1, -0.05) is 17.7 Å².